The molecule has 0 spiro atoms. The van der Waals surface area contributed by atoms with Crippen LogP contribution in [0.1, 0.15) is 16.1 Å². The zero-order chi connectivity index (χ0) is 10.8. The second kappa shape index (κ2) is 3.65. The molecule has 0 saturated heterocycles. The van der Waals surface area contributed by atoms with E-state index in [9.17, 15) is 13.6 Å². The first-order chi connectivity index (χ1) is 7.18. The number of aromatic nitrogens is 1. The number of carbonyl (C=O) groups is 1. The lowest BCUT2D eigenvalue weighted by Gasteiger charge is -2.00. The third-order valence-electron chi connectivity index (χ3n) is 2.02. The van der Waals surface area contributed by atoms with Gasteiger partial charge in [0.25, 0.3) is 0 Å². The number of aromatic amines is 1. The first-order valence-corrected chi connectivity index (χ1v) is 4.31. The molecular formula is C11H7F2NO. The van der Waals surface area contributed by atoms with Crippen LogP contribution >= 0.6 is 0 Å². The Hall–Kier alpha value is -1.97. The number of nitrogens with one attached hydrogen (secondary N) is 1. The largest absolute Gasteiger partial charge is 0.359 e. The van der Waals surface area contributed by atoms with Gasteiger partial charge in [-0.3, -0.25) is 4.79 Å². The van der Waals surface area contributed by atoms with Crippen LogP contribution in [-0.4, -0.2) is 10.8 Å². The Labute approximate surface area is 84.6 Å². The zero-order valence-corrected chi connectivity index (χ0v) is 7.63. The number of hydrogen-bond acceptors (Lipinski definition) is 1. The quantitative estimate of drug-likeness (QED) is 0.754. The molecule has 2 aromatic rings. The summed E-state index contributed by atoms with van der Waals surface area (Å²) in [7, 11) is 0. The van der Waals surface area contributed by atoms with Gasteiger partial charge in [-0.2, -0.15) is 0 Å². The van der Waals surface area contributed by atoms with Crippen molar-refractivity contribution in [3.8, 4) is 0 Å². The van der Waals surface area contributed by atoms with Crippen molar-refractivity contribution < 1.29 is 13.6 Å². The predicted molar refractivity (Wildman–Crippen MR) is 50.6 cm³/mol. The van der Waals surface area contributed by atoms with Gasteiger partial charge in [0, 0.05) is 12.3 Å². The van der Waals surface area contributed by atoms with E-state index in [1.165, 1.54) is 6.07 Å². The van der Waals surface area contributed by atoms with Crippen molar-refractivity contribution in [2.45, 2.75) is 0 Å². The normalized spacial score (nSPS) is 10.3. The average Bonchev–Trinajstić information content (AvgIpc) is 2.69. The number of hydrogen-bond donors (Lipinski definition) is 1. The molecule has 2 nitrogen and oxygen atoms in total. The molecule has 0 unspecified atom stereocenters. The van der Waals surface area contributed by atoms with Gasteiger partial charge in [0.2, 0.25) is 5.78 Å². The van der Waals surface area contributed by atoms with Crippen molar-refractivity contribution >= 4 is 5.78 Å². The zero-order valence-electron chi connectivity index (χ0n) is 7.63. The molecule has 4 heteroatoms. The molecular weight excluding hydrogens is 200 g/mol. The lowest BCUT2D eigenvalue weighted by atomic mass is 10.1. The Morgan fingerprint density at radius 2 is 2.00 bits per heavy atom. The van der Waals surface area contributed by atoms with Crippen molar-refractivity contribution in [2.24, 2.45) is 0 Å². The van der Waals surface area contributed by atoms with Gasteiger partial charge in [-0.15, -0.1) is 0 Å². The first kappa shape index (κ1) is 9.58. The molecule has 0 fully saturated rings. The van der Waals surface area contributed by atoms with E-state index in [2.05, 4.69) is 4.98 Å². The van der Waals surface area contributed by atoms with Crippen molar-refractivity contribution in [1.29, 1.82) is 0 Å². The summed E-state index contributed by atoms with van der Waals surface area (Å²) < 4.78 is 25.8. The van der Waals surface area contributed by atoms with Crippen LogP contribution in [0.15, 0.2) is 36.5 Å². The molecule has 0 bridgehead atoms. The maximum absolute atomic E-state index is 13.2. The van der Waals surface area contributed by atoms with Crippen LogP contribution in [0.25, 0.3) is 0 Å². The van der Waals surface area contributed by atoms with E-state index in [0.29, 0.717) is 6.07 Å². The van der Waals surface area contributed by atoms with Crippen LogP contribution < -0.4 is 0 Å². The molecule has 0 aliphatic heterocycles. The summed E-state index contributed by atoms with van der Waals surface area (Å²) in [5.41, 5.74) is 0.138. The molecule has 0 aliphatic carbocycles. The van der Waals surface area contributed by atoms with Crippen LogP contribution in [0.5, 0.6) is 0 Å². The maximum Gasteiger partial charge on any atom is 0.212 e. The second-order valence-corrected chi connectivity index (χ2v) is 3.04. The molecule has 0 amide bonds. The highest BCUT2D eigenvalue weighted by atomic mass is 19.1. The van der Waals surface area contributed by atoms with Crippen LogP contribution in [0.3, 0.4) is 0 Å². The van der Waals surface area contributed by atoms with Gasteiger partial charge in [0.05, 0.1) is 11.3 Å². The van der Waals surface area contributed by atoms with Crippen molar-refractivity contribution in [3.63, 3.8) is 0 Å². The molecule has 1 aromatic heterocycles. The lowest BCUT2D eigenvalue weighted by Crippen LogP contribution is -2.04. The molecule has 1 aromatic carbocycles. The first-order valence-electron chi connectivity index (χ1n) is 4.31. The second-order valence-electron chi connectivity index (χ2n) is 3.04. The van der Waals surface area contributed by atoms with Gasteiger partial charge in [-0.25, -0.2) is 8.78 Å². The lowest BCUT2D eigenvalue weighted by molar-refractivity contribution is 0.103. The summed E-state index contributed by atoms with van der Waals surface area (Å²) in [6, 6.07) is 6.04. The van der Waals surface area contributed by atoms with E-state index in [1.54, 1.807) is 12.3 Å². The molecule has 1 N–H and O–H groups in total. The fourth-order valence-electron chi connectivity index (χ4n) is 1.29. The van der Waals surface area contributed by atoms with Gasteiger partial charge in [0.15, 0.2) is 0 Å². The summed E-state index contributed by atoms with van der Waals surface area (Å²) in [5.74, 6) is -2.04. The molecule has 15 heavy (non-hydrogen) atoms. The third-order valence-corrected chi connectivity index (χ3v) is 2.02. The van der Waals surface area contributed by atoms with E-state index in [0.717, 1.165) is 12.1 Å². The highest BCUT2D eigenvalue weighted by Crippen LogP contribution is 2.13. The molecule has 76 valence electrons. The van der Waals surface area contributed by atoms with E-state index in [4.69, 9.17) is 0 Å². The fraction of sp³-hybridized carbons (Fsp3) is 0. The van der Waals surface area contributed by atoms with Crippen molar-refractivity contribution in [2.75, 3.05) is 0 Å². The standard InChI is InChI=1S/C11H7F2NO/c12-7-3-4-8(9(13)6-7)11(15)10-2-1-5-14-10/h1-6,14H. The highest BCUT2D eigenvalue weighted by Gasteiger charge is 2.14. The smallest absolute Gasteiger partial charge is 0.212 e. The number of H-pyrrole nitrogens is 1. The Kier molecular flexibility index (Phi) is 2.33. The maximum atomic E-state index is 13.2. The molecule has 0 aliphatic rings. The minimum atomic E-state index is -0.852. The molecule has 2 rings (SSSR count). The number of benzene rings is 1. The number of carbonyl (C=O) groups excluding carboxylic acids is 1. The van der Waals surface area contributed by atoms with Gasteiger partial charge in [-0.05, 0) is 24.3 Å². The number of halogens is 2. The molecule has 0 atom stereocenters. The van der Waals surface area contributed by atoms with Crippen molar-refractivity contribution in [3.05, 3.63) is 59.4 Å². The minimum Gasteiger partial charge on any atom is -0.359 e. The summed E-state index contributed by atoms with van der Waals surface area (Å²) >= 11 is 0. The number of ketones is 1. The number of rotatable bonds is 2. The third kappa shape index (κ3) is 1.79. The fourth-order valence-corrected chi connectivity index (χ4v) is 1.29. The molecule has 0 radical (unpaired) electrons. The summed E-state index contributed by atoms with van der Waals surface area (Å²) in [4.78, 5) is 14.3. The van der Waals surface area contributed by atoms with E-state index in [1.807, 2.05) is 0 Å². The Morgan fingerprint density at radius 3 is 2.60 bits per heavy atom. The minimum absolute atomic E-state index is 0.140. The van der Waals surface area contributed by atoms with E-state index < -0.39 is 17.4 Å². The van der Waals surface area contributed by atoms with Gasteiger partial charge < -0.3 is 4.98 Å². The Bertz CT molecular complexity index is 491. The van der Waals surface area contributed by atoms with Crippen LogP contribution in [0, 0.1) is 11.6 Å². The van der Waals surface area contributed by atoms with Crippen LogP contribution in [0.4, 0.5) is 8.78 Å². The molecule has 0 saturated carbocycles. The van der Waals surface area contributed by atoms with Gasteiger partial charge in [-0.1, -0.05) is 0 Å². The topological polar surface area (TPSA) is 32.9 Å². The SMILES string of the molecule is O=C(c1ccc[nH]1)c1ccc(F)cc1F. The predicted octanol–water partition coefficient (Wildman–Crippen LogP) is 2.52. The average molecular weight is 207 g/mol. The Balaban J connectivity index is 2.42. The van der Waals surface area contributed by atoms with Crippen molar-refractivity contribution in [1.82, 2.24) is 4.98 Å². The van der Waals surface area contributed by atoms with Crippen LogP contribution in [0.2, 0.25) is 0 Å². The Morgan fingerprint density at radius 1 is 1.20 bits per heavy atom. The monoisotopic (exact) mass is 207 g/mol. The molecule has 1 heterocycles. The van der Waals surface area contributed by atoms with E-state index in [-0.39, 0.29) is 11.3 Å². The highest BCUT2D eigenvalue weighted by molar-refractivity contribution is 6.07. The van der Waals surface area contributed by atoms with E-state index >= 15 is 0 Å². The summed E-state index contributed by atoms with van der Waals surface area (Å²) in [5, 5.41) is 0. The van der Waals surface area contributed by atoms with Crippen LogP contribution in [-0.2, 0) is 0 Å². The summed E-state index contributed by atoms with van der Waals surface area (Å²) in [6.07, 6.45) is 1.56. The van der Waals surface area contributed by atoms with Gasteiger partial charge in [0.1, 0.15) is 11.6 Å². The summed E-state index contributed by atoms with van der Waals surface area (Å²) in [6.45, 7) is 0. The van der Waals surface area contributed by atoms with Gasteiger partial charge >= 0.3 is 0 Å².